The first-order chi connectivity index (χ1) is 13.7. The highest BCUT2D eigenvalue weighted by Gasteiger charge is 2.53. The van der Waals surface area contributed by atoms with Crippen LogP contribution in [0, 0.1) is 0 Å². The Morgan fingerprint density at radius 1 is 1.03 bits per heavy atom. The molecule has 1 aliphatic rings. The van der Waals surface area contributed by atoms with Crippen molar-refractivity contribution in [3.05, 3.63) is 65.2 Å². The zero-order chi connectivity index (χ0) is 21.1. The summed E-state index contributed by atoms with van der Waals surface area (Å²) in [6.45, 7) is 2.79. The average Bonchev–Trinajstić information content (AvgIpc) is 3.11. The molecule has 2 aromatic rings. The van der Waals surface area contributed by atoms with Crippen molar-refractivity contribution in [2.24, 2.45) is 0 Å². The average molecular weight is 406 g/mol. The quantitative estimate of drug-likeness (QED) is 0.536. The predicted octanol–water partition coefficient (Wildman–Crippen LogP) is 5.59. The Morgan fingerprint density at radius 2 is 1.62 bits per heavy atom. The van der Waals surface area contributed by atoms with Crippen LogP contribution in [-0.4, -0.2) is 24.6 Å². The number of alkyl halides is 3. The molecular formula is C23H25F3O3. The van der Waals surface area contributed by atoms with E-state index >= 15 is 4.39 Å². The lowest BCUT2D eigenvalue weighted by Crippen LogP contribution is -2.40. The molecule has 3 nitrogen and oxygen atoms in total. The molecule has 0 amide bonds. The molecule has 156 valence electrons. The van der Waals surface area contributed by atoms with Crippen molar-refractivity contribution in [1.29, 1.82) is 0 Å². The van der Waals surface area contributed by atoms with Gasteiger partial charge in [-0.2, -0.15) is 0 Å². The minimum Gasteiger partial charge on any atom is -0.490 e. The zero-order valence-electron chi connectivity index (χ0n) is 16.6. The highest BCUT2D eigenvalue weighted by atomic mass is 19.3. The molecule has 1 saturated heterocycles. The second-order valence-electron chi connectivity index (χ2n) is 7.48. The van der Waals surface area contributed by atoms with Crippen LogP contribution in [0.3, 0.4) is 0 Å². The summed E-state index contributed by atoms with van der Waals surface area (Å²) in [5, 5.41) is 0. The molecule has 2 aromatic carbocycles. The van der Waals surface area contributed by atoms with Gasteiger partial charge in [-0.3, -0.25) is 4.79 Å². The lowest BCUT2D eigenvalue weighted by Gasteiger charge is -2.32. The number of carbonyl (C=O) groups is 1. The van der Waals surface area contributed by atoms with Crippen LogP contribution < -0.4 is 4.74 Å². The number of cyclic esters (lactones) is 1. The van der Waals surface area contributed by atoms with Gasteiger partial charge in [0.25, 0.3) is 5.92 Å². The zero-order valence-corrected chi connectivity index (χ0v) is 16.6. The van der Waals surface area contributed by atoms with E-state index in [9.17, 15) is 13.6 Å². The number of ether oxygens (including phenoxy) is 2. The second-order valence-corrected chi connectivity index (χ2v) is 7.48. The standard InChI is InChI=1S/C23H25F3O3/c1-3-4-16-5-7-17(8-6-16)23(26,22(2,24)25)18-9-11-19(12-10-18)28-15-20-13-14-21(27)29-20/h5-12,20H,3-4,13-15H2,1-2H3. The Kier molecular flexibility index (Phi) is 6.20. The molecule has 0 N–H and O–H groups in total. The van der Waals surface area contributed by atoms with E-state index in [-0.39, 0.29) is 29.8 Å². The fourth-order valence-electron chi connectivity index (χ4n) is 3.53. The third kappa shape index (κ3) is 4.57. The van der Waals surface area contributed by atoms with Crippen molar-refractivity contribution in [3.63, 3.8) is 0 Å². The lowest BCUT2D eigenvalue weighted by atomic mass is 9.83. The monoisotopic (exact) mass is 406 g/mol. The van der Waals surface area contributed by atoms with Crippen LogP contribution in [0.25, 0.3) is 0 Å². The molecule has 0 spiro atoms. The first kappa shape index (κ1) is 21.2. The summed E-state index contributed by atoms with van der Waals surface area (Å²) in [6, 6.07) is 11.8. The van der Waals surface area contributed by atoms with Gasteiger partial charge in [0.05, 0.1) is 0 Å². The van der Waals surface area contributed by atoms with Crippen molar-refractivity contribution in [2.45, 2.75) is 57.2 Å². The summed E-state index contributed by atoms with van der Waals surface area (Å²) in [6.07, 6.45) is 2.36. The molecule has 1 fully saturated rings. The number of carbonyl (C=O) groups excluding carboxylic acids is 1. The number of benzene rings is 2. The summed E-state index contributed by atoms with van der Waals surface area (Å²) < 4.78 is 55.3. The van der Waals surface area contributed by atoms with E-state index < -0.39 is 11.6 Å². The third-order valence-corrected chi connectivity index (χ3v) is 5.15. The molecule has 6 heteroatoms. The number of hydrogen-bond donors (Lipinski definition) is 0. The molecule has 0 aromatic heterocycles. The van der Waals surface area contributed by atoms with Crippen molar-refractivity contribution >= 4 is 5.97 Å². The van der Waals surface area contributed by atoms with Crippen molar-refractivity contribution < 1.29 is 27.4 Å². The van der Waals surface area contributed by atoms with Crippen LogP contribution in [-0.2, 0) is 21.6 Å². The van der Waals surface area contributed by atoms with Gasteiger partial charge in [0.1, 0.15) is 18.5 Å². The van der Waals surface area contributed by atoms with Crippen LogP contribution in [0.2, 0.25) is 0 Å². The van der Waals surface area contributed by atoms with Gasteiger partial charge in [-0.15, -0.1) is 0 Å². The topological polar surface area (TPSA) is 35.5 Å². The lowest BCUT2D eigenvalue weighted by molar-refractivity contribution is -0.142. The van der Waals surface area contributed by atoms with Gasteiger partial charge in [-0.05, 0) is 41.7 Å². The summed E-state index contributed by atoms with van der Waals surface area (Å²) >= 11 is 0. The Morgan fingerprint density at radius 3 is 2.10 bits per heavy atom. The van der Waals surface area contributed by atoms with E-state index in [4.69, 9.17) is 9.47 Å². The third-order valence-electron chi connectivity index (χ3n) is 5.15. The SMILES string of the molecule is CCCc1ccc(C(F)(c2ccc(OCC3CCC(=O)O3)cc2)C(C)(F)F)cc1. The maximum absolute atomic E-state index is 15.8. The van der Waals surface area contributed by atoms with E-state index in [1.165, 1.54) is 36.4 Å². The van der Waals surface area contributed by atoms with Gasteiger partial charge >= 0.3 is 5.97 Å². The van der Waals surface area contributed by atoms with Crippen LogP contribution in [0.5, 0.6) is 5.75 Å². The maximum atomic E-state index is 15.8. The van der Waals surface area contributed by atoms with Crippen LogP contribution >= 0.6 is 0 Å². The van der Waals surface area contributed by atoms with Gasteiger partial charge in [0.15, 0.2) is 0 Å². The normalized spacial score (nSPS) is 18.9. The molecule has 0 aliphatic carbocycles. The predicted molar refractivity (Wildman–Crippen MR) is 104 cm³/mol. The fraction of sp³-hybridized carbons (Fsp3) is 0.435. The first-order valence-corrected chi connectivity index (χ1v) is 9.83. The number of rotatable bonds is 8. The van der Waals surface area contributed by atoms with E-state index in [2.05, 4.69) is 0 Å². The largest absolute Gasteiger partial charge is 0.490 e. The molecule has 0 bridgehead atoms. The van der Waals surface area contributed by atoms with Gasteiger partial charge in [0.2, 0.25) is 5.67 Å². The fourth-order valence-corrected chi connectivity index (χ4v) is 3.53. The molecule has 2 atom stereocenters. The Balaban J connectivity index is 1.80. The summed E-state index contributed by atoms with van der Waals surface area (Å²) in [5.74, 6) is -3.48. The Hall–Kier alpha value is -2.50. The van der Waals surface area contributed by atoms with E-state index in [1.807, 2.05) is 6.92 Å². The number of aryl methyl sites for hydroxylation is 1. The van der Waals surface area contributed by atoms with Gasteiger partial charge in [-0.1, -0.05) is 49.7 Å². The number of esters is 1. The van der Waals surface area contributed by atoms with Gasteiger partial charge in [0, 0.05) is 13.3 Å². The van der Waals surface area contributed by atoms with Crippen LogP contribution in [0.4, 0.5) is 13.2 Å². The van der Waals surface area contributed by atoms with Crippen LogP contribution in [0.1, 0.15) is 49.8 Å². The van der Waals surface area contributed by atoms with Gasteiger partial charge in [-0.25, -0.2) is 13.2 Å². The molecule has 0 saturated carbocycles. The molecular weight excluding hydrogens is 381 g/mol. The van der Waals surface area contributed by atoms with Crippen molar-refractivity contribution in [2.75, 3.05) is 6.61 Å². The smallest absolute Gasteiger partial charge is 0.306 e. The van der Waals surface area contributed by atoms with Crippen molar-refractivity contribution in [3.8, 4) is 5.75 Å². The summed E-state index contributed by atoms with van der Waals surface area (Å²) in [4.78, 5) is 11.1. The molecule has 2 unspecified atom stereocenters. The van der Waals surface area contributed by atoms with Crippen LogP contribution in [0.15, 0.2) is 48.5 Å². The van der Waals surface area contributed by atoms with Crippen molar-refractivity contribution in [1.82, 2.24) is 0 Å². The number of hydrogen-bond acceptors (Lipinski definition) is 3. The maximum Gasteiger partial charge on any atom is 0.306 e. The molecule has 1 aliphatic heterocycles. The second kappa shape index (κ2) is 8.47. The molecule has 29 heavy (non-hydrogen) atoms. The number of halogens is 3. The molecule has 0 radical (unpaired) electrons. The Labute approximate surface area is 168 Å². The molecule has 1 heterocycles. The highest BCUT2D eigenvalue weighted by Crippen LogP contribution is 2.46. The van der Waals surface area contributed by atoms with Gasteiger partial charge < -0.3 is 9.47 Å². The highest BCUT2D eigenvalue weighted by molar-refractivity contribution is 5.71. The first-order valence-electron chi connectivity index (χ1n) is 9.83. The minimum absolute atomic E-state index is 0.0867. The minimum atomic E-state index is -3.63. The summed E-state index contributed by atoms with van der Waals surface area (Å²) in [7, 11) is 0. The molecule has 3 rings (SSSR count). The van der Waals surface area contributed by atoms with E-state index in [1.54, 1.807) is 12.1 Å². The van der Waals surface area contributed by atoms with E-state index in [0.717, 1.165) is 18.4 Å². The Bertz CT molecular complexity index is 828. The summed E-state index contributed by atoms with van der Waals surface area (Å²) in [5.41, 5.74) is -2.21. The van der Waals surface area contributed by atoms with E-state index in [0.29, 0.717) is 25.5 Å².